The van der Waals surface area contributed by atoms with Gasteiger partial charge in [-0.15, -0.1) is 0 Å². The van der Waals surface area contributed by atoms with Crippen molar-refractivity contribution in [3.63, 3.8) is 0 Å². The molecule has 0 bridgehead atoms. The van der Waals surface area contributed by atoms with Crippen LogP contribution in [-0.2, 0) is 14.0 Å². The van der Waals surface area contributed by atoms with Gasteiger partial charge in [-0.25, -0.2) is 0 Å². The molecule has 0 unspecified atom stereocenters. The molecular weight excluding hydrogens is 212 g/mol. The topological polar surface area (TPSA) is 52.6 Å². The predicted molar refractivity (Wildman–Crippen MR) is 59.5 cm³/mol. The number of benzene rings is 1. The van der Waals surface area contributed by atoms with Crippen LogP contribution in [-0.4, -0.2) is 22.4 Å². The Balaban J connectivity index is 0.000000336. The molecule has 0 fully saturated rings. The first-order valence-electron chi connectivity index (χ1n) is 4.34. The van der Waals surface area contributed by atoms with Gasteiger partial charge in [-0.3, -0.25) is 9.59 Å². The molecule has 0 saturated carbocycles. The van der Waals surface area contributed by atoms with Crippen LogP contribution < -0.4 is 4.74 Å². The third kappa shape index (κ3) is 8.70. The zero-order valence-corrected chi connectivity index (χ0v) is 11.0. The molecule has 1 aromatic carbocycles. The van der Waals surface area contributed by atoms with Crippen molar-refractivity contribution < 1.29 is 18.8 Å². The van der Waals surface area contributed by atoms with E-state index in [1.165, 1.54) is 13.8 Å². The minimum Gasteiger partial charge on any atom is -0.529 e. The third-order valence-corrected chi connectivity index (χ3v) is 1.87. The molecule has 0 aliphatic rings. The summed E-state index contributed by atoms with van der Waals surface area (Å²) >= 11 is 0. The largest absolute Gasteiger partial charge is 0.529 e. The summed E-state index contributed by atoms with van der Waals surface area (Å²) in [5.41, 5.74) is 0. The SMILES string of the molecule is CC(=O)O[SiH3].CC(=O)Oc1ccccc1. The van der Waals surface area contributed by atoms with Gasteiger partial charge in [0.05, 0.1) is 0 Å². The van der Waals surface area contributed by atoms with E-state index in [1.807, 2.05) is 18.2 Å². The summed E-state index contributed by atoms with van der Waals surface area (Å²) in [5.74, 6) is 0.123. The summed E-state index contributed by atoms with van der Waals surface area (Å²) in [6.45, 7) is 2.78. The number of carbonyl (C=O) groups is 2. The number of hydrogen-bond donors (Lipinski definition) is 0. The lowest BCUT2D eigenvalue weighted by molar-refractivity contribution is -0.132. The Hall–Kier alpha value is -1.62. The van der Waals surface area contributed by atoms with Gasteiger partial charge in [0, 0.05) is 13.8 Å². The van der Waals surface area contributed by atoms with E-state index in [1.54, 1.807) is 12.1 Å². The molecule has 1 aromatic rings. The zero-order chi connectivity index (χ0) is 11.7. The fraction of sp³-hybridized carbons (Fsp3) is 0.200. The molecule has 0 spiro atoms. The first-order chi connectivity index (χ1) is 7.06. The van der Waals surface area contributed by atoms with Gasteiger partial charge in [-0.05, 0) is 12.1 Å². The second-order valence-electron chi connectivity index (χ2n) is 2.60. The number of ether oxygens (including phenoxy) is 1. The van der Waals surface area contributed by atoms with Crippen molar-refractivity contribution in [1.82, 2.24) is 0 Å². The monoisotopic (exact) mass is 226 g/mol. The van der Waals surface area contributed by atoms with Crippen molar-refractivity contribution in [3.05, 3.63) is 30.3 Å². The van der Waals surface area contributed by atoms with Crippen molar-refractivity contribution in [2.75, 3.05) is 0 Å². The van der Waals surface area contributed by atoms with Gasteiger partial charge >= 0.3 is 5.97 Å². The van der Waals surface area contributed by atoms with E-state index < -0.39 is 0 Å². The highest BCUT2D eigenvalue weighted by Crippen LogP contribution is 2.07. The van der Waals surface area contributed by atoms with E-state index >= 15 is 0 Å². The normalized spacial score (nSPS) is 8.40. The van der Waals surface area contributed by atoms with Gasteiger partial charge in [-0.2, -0.15) is 0 Å². The Bertz CT molecular complexity index is 310. The van der Waals surface area contributed by atoms with Gasteiger partial charge in [0.25, 0.3) is 5.97 Å². The lowest BCUT2D eigenvalue weighted by Crippen LogP contribution is -2.00. The van der Waals surface area contributed by atoms with Crippen molar-refractivity contribution in [3.8, 4) is 5.75 Å². The van der Waals surface area contributed by atoms with Crippen LogP contribution in [0.4, 0.5) is 0 Å². The fourth-order valence-corrected chi connectivity index (χ4v) is 0.655. The Kier molecular flexibility index (Phi) is 6.91. The first kappa shape index (κ1) is 13.4. The molecule has 0 aliphatic heterocycles. The van der Waals surface area contributed by atoms with E-state index in [9.17, 15) is 9.59 Å². The Morgan fingerprint density at radius 1 is 1.07 bits per heavy atom. The average molecular weight is 226 g/mol. The molecular formula is C10H14O4Si. The second-order valence-corrected chi connectivity index (χ2v) is 3.01. The quantitative estimate of drug-likeness (QED) is 0.396. The molecule has 0 aliphatic carbocycles. The highest BCUT2D eigenvalue weighted by molar-refractivity contribution is 6.04. The van der Waals surface area contributed by atoms with E-state index in [4.69, 9.17) is 4.74 Å². The molecule has 0 atom stereocenters. The van der Waals surface area contributed by atoms with Gasteiger partial charge in [-0.1, -0.05) is 18.2 Å². The maximum absolute atomic E-state index is 10.4. The highest BCUT2D eigenvalue weighted by atomic mass is 28.2. The molecule has 1 rings (SSSR count). The van der Waals surface area contributed by atoms with Crippen LogP contribution in [0.25, 0.3) is 0 Å². The number of esters is 1. The van der Waals surface area contributed by atoms with Crippen LogP contribution in [0.5, 0.6) is 5.75 Å². The Morgan fingerprint density at radius 3 is 1.87 bits per heavy atom. The zero-order valence-electron chi connectivity index (χ0n) is 9.02. The molecule has 0 N–H and O–H groups in total. The summed E-state index contributed by atoms with van der Waals surface area (Å²) in [6.07, 6.45) is 0. The van der Waals surface area contributed by atoms with E-state index in [0.29, 0.717) is 16.2 Å². The van der Waals surface area contributed by atoms with Crippen LogP contribution in [0, 0.1) is 0 Å². The summed E-state index contributed by atoms with van der Waals surface area (Å²) < 4.78 is 9.03. The first-order valence-corrected chi connectivity index (χ1v) is 5.16. The Morgan fingerprint density at radius 2 is 1.53 bits per heavy atom. The van der Waals surface area contributed by atoms with Crippen LogP contribution in [0.1, 0.15) is 13.8 Å². The van der Waals surface area contributed by atoms with E-state index in [-0.39, 0.29) is 11.9 Å². The maximum atomic E-state index is 10.4. The standard InChI is InChI=1S/C8H8O2.C2H6O2Si/c1-7(9)10-8-5-3-2-4-6-8;1-2(3)4-5/h2-6H,1H3;1,5H3. The molecule has 0 heterocycles. The van der Waals surface area contributed by atoms with Crippen LogP contribution in [0.3, 0.4) is 0 Å². The minimum absolute atomic E-state index is 0.184. The fourth-order valence-electron chi connectivity index (χ4n) is 0.655. The minimum atomic E-state index is -0.286. The number of rotatable bonds is 1. The van der Waals surface area contributed by atoms with Crippen molar-refractivity contribution in [2.24, 2.45) is 0 Å². The van der Waals surface area contributed by atoms with Crippen LogP contribution >= 0.6 is 0 Å². The smallest absolute Gasteiger partial charge is 0.308 e. The summed E-state index contributed by atoms with van der Waals surface area (Å²) in [7, 11) is 0.524. The summed E-state index contributed by atoms with van der Waals surface area (Å²) in [6, 6.07) is 8.98. The summed E-state index contributed by atoms with van der Waals surface area (Å²) in [4.78, 5) is 20.0. The molecule has 15 heavy (non-hydrogen) atoms. The third-order valence-electron chi connectivity index (χ3n) is 1.29. The van der Waals surface area contributed by atoms with Crippen molar-refractivity contribution in [1.29, 1.82) is 0 Å². The van der Waals surface area contributed by atoms with Crippen LogP contribution in [0.2, 0.25) is 0 Å². The number of hydrogen-bond acceptors (Lipinski definition) is 4. The molecule has 4 nitrogen and oxygen atoms in total. The van der Waals surface area contributed by atoms with Crippen molar-refractivity contribution >= 4 is 22.4 Å². The molecule has 5 heteroatoms. The summed E-state index contributed by atoms with van der Waals surface area (Å²) in [5, 5.41) is 0. The van der Waals surface area contributed by atoms with Gasteiger partial charge in [0.1, 0.15) is 5.75 Å². The Labute approximate surface area is 91.7 Å². The van der Waals surface area contributed by atoms with Crippen LogP contribution in [0.15, 0.2) is 30.3 Å². The molecule has 0 radical (unpaired) electrons. The van der Waals surface area contributed by atoms with Crippen molar-refractivity contribution in [2.45, 2.75) is 13.8 Å². The average Bonchev–Trinajstić information content (AvgIpc) is 2.19. The molecule has 0 saturated heterocycles. The predicted octanol–water partition coefficient (Wildman–Crippen LogP) is 0.442. The number of para-hydroxylation sites is 1. The van der Waals surface area contributed by atoms with Gasteiger partial charge in [0.2, 0.25) is 10.5 Å². The van der Waals surface area contributed by atoms with Gasteiger partial charge < -0.3 is 9.16 Å². The highest BCUT2D eigenvalue weighted by Gasteiger charge is 1.92. The maximum Gasteiger partial charge on any atom is 0.308 e. The second kappa shape index (κ2) is 7.75. The molecule has 0 aromatic heterocycles. The molecule has 0 amide bonds. The van der Waals surface area contributed by atoms with E-state index in [0.717, 1.165) is 0 Å². The van der Waals surface area contributed by atoms with Gasteiger partial charge in [0.15, 0.2) is 0 Å². The molecule has 82 valence electrons. The lowest BCUT2D eigenvalue weighted by Gasteiger charge is -1.97. The lowest BCUT2D eigenvalue weighted by atomic mass is 10.3. The van der Waals surface area contributed by atoms with E-state index in [2.05, 4.69) is 4.43 Å². The number of carbonyl (C=O) groups excluding carboxylic acids is 2.